The maximum Gasteiger partial charge on any atom is 0.471 e. The summed E-state index contributed by atoms with van der Waals surface area (Å²) < 4.78 is 65.0. The van der Waals surface area contributed by atoms with Crippen LogP contribution in [-0.4, -0.2) is 23.5 Å². The number of hydrogen-bond acceptors (Lipinski definition) is 2. The van der Waals surface area contributed by atoms with Crippen LogP contribution in [0.3, 0.4) is 0 Å². The van der Waals surface area contributed by atoms with Crippen LogP contribution in [0.4, 0.5) is 27.8 Å². The molecule has 1 aliphatic heterocycles. The van der Waals surface area contributed by atoms with Gasteiger partial charge in [-0.2, -0.15) is 13.2 Å². The lowest BCUT2D eigenvalue weighted by Gasteiger charge is -2.22. The molecule has 0 saturated heterocycles. The Labute approximate surface area is 139 Å². The van der Waals surface area contributed by atoms with Crippen molar-refractivity contribution in [2.45, 2.75) is 19.1 Å². The second kappa shape index (κ2) is 6.27. The molecule has 0 N–H and O–H groups in total. The standard InChI is InChI=1S/C17H11F5N2O/c18-14(19)8-13-11-5-2-1-4-10(11)9-24(16(25)17(20,21)22)15-12(13)6-3-7-23-15/h1-8,14H,9H2/b13-8-. The number of amides is 1. The molecule has 0 spiro atoms. The summed E-state index contributed by atoms with van der Waals surface area (Å²) in [5, 5.41) is 0. The first-order chi connectivity index (χ1) is 11.8. The van der Waals surface area contributed by atoms with Crippen LogP contribution < -0.4 is 4.90 Å². The Hall–Kier alpha value is -2.77. The number of allylic oxidation sites excluding steroid dienone is 1. The van der Waals surface area contributed by atoms with E-state index in [4.69, 9.17) is 0 Å². The first kappa shape index (κ1) is 17.1. The van der Waals surface area contributed by atoms with E-state index in [1.807, 2.05) is 0 Å². The number of carbonyl (C=O) groups excluding carboxylic acids is 1. The smallest absolute Gasteiger partial charge is 0.284 e. The van der Waals surface area contributed by atoms with Crippen molar-refractivity contribution in [2.75, 3.05) is 4.90 Å². The topological polar surface area (TPSA) is 33.2 Å². The molecule has 0 bridgehead atoms. The molecule has 0 fully saturated rings. The van der Waals surface area contributed by atoms with E-state index in [-0.39, 0.29) is 17.0 Å². The van der Waals surface area contributed by atoms with Gasteiger partial charge >= 0.3 is 12.1 Å². The number of rotatable bonds is 1. The molecular weight excluding hydrogens is 343 g/mol. The zero-order valence-electron chi connectivity index (χ0n) is 12.6. The molecule has 1 aromatic carbocycles. The number of alkyl halides is 5. The van der Waals surface area contributed by atoms with Gasteiger partial charge < -0.3 is 0 Å². The van der Waals surface area contributed by atoms with Gasteiger partial charge in [-0.1, -0.05) is 24.3 Å². The molecule has 0 saturated carbocycles. The molecule has 2 aromatic rings. The molecule has 0 unspecified atom stereocenters. The summed E-state index contributed by atoms with van der Waals surface area (Å²) in [5.41, 5.74) is 0.760. The van der Waals surface area contributed by atoms with Gasteiger partial charge in [-0.05, 0) is 34.9 Å². The van der Waals surface area contributed by atoms with E-state index >= 15 is 0 Å². The van der Waals surface area contributed by atoms with E-state index in [1.165, 1.54) is 30.5 Å². The van der Waals surface area contributed by atoms with Crippen molar-refractivity contribution in [3.05, 3.63) is 65.4 Å². The van der Waals surface area contributed by atoms with Crippen LogP contribution in [0, 0.1) is 0 Å². The number of nitrogens with zero attached hydrogens (tertiary/aromatic N) is 2. The van der Waals surface area contributed by atoms with Crippen LogP contribution in [0.25, 0.3) is 5.57 Å². The van der Waals surface area contributed by atoms with Crippen LogP contribution in [-0.2, 0) is 11.3 Å². The summed E-state index contributed by atoms with van der Waals surface area (Å²) in [6, 6.07) is 8.98. The maximum absolute atomic E-state index is 13.0. The zero-order valence-corrected chi connectivity index (χ0v) is 12.6. The number of carbonyl (C=O) groups is 1. The monoisotopic (exact) mass is 354 g/mol. The SMILES string of the molecule is O=C(N1Cc2ccccc2/C(=C/C(F)F)c2cccnc21)C(F)(F)F. The van der Waals surface area contributed by atoms with Gasteiger partial charge in [-0.15, -0.1) is 0 Å². The fourth-order valence-electron chi connectivity index (χ4n) is 2.76. The average molecular weight is 354 g/mol. The van der Waals surface area contributed by atoms with Gasteiger partial charge in [-0.25, -0.2) is 13.8 Å². The number of fused-ring (bicyclic) bond motifs is 2. The average Bonchev–Trinajstić information content (AvgIpc) is 2.69. The Kier molecular flexibility index (Phi) is 4.28. The van der Waals surface area contributed by atoms with Crippen molar-refractivity contribution >= 4 is 17.3 Å². The van der Waals surface area contributed by atoms with Crippen LogP contribution in [0.2, 0.25) is 0 Å². The Morgan fingerprint density at radius 2 is 1.80 bits per heavy atom. The molecule has 0 radical (unpaired) electrons. The fraction of sp³-hybridized carbons (Fsp3) is 0.176. The normalized spacial score (nSPS) is 15.8. The number of aromatic nitrogens is 1. The molecule has 1 aromatic heterocycles. The van der Waals surface area contributed by atoms with Crippen molar-refractivity contribution < 1.29 is 26.7 Å². The van der Waals surface area contributed by atoms with Crippen LogP contribution in [0.1, 0.15) is 16.7 Å². The van der Waals surface area contributed by atoms with Crippen molar-refractivity contribution in [3.8, 4) is 0 Å². The highest BCUT2D eigenvalue weighted by molar-refractivity contribution is 6.01. The Morgan fingerprint density at radius 1 is 1.12 bits per heavy atom. The molecule has 130 valence electrons. The van der Waals surface area contributed by atoms with E-state index in [0.29, 0.717) is 22.1 Å². The number of hydrogen-bond donors (Lipinski definition) is 0. The van der Waals surface area contributed by atoms with Gasteiger partial charge in [0.2, 0.25) is 0 Å². The highest BCUT2D eigenvalue weighted by atomic mass is 19.4. The quantitative estimate of drug-likeness (QED) is 0.720. The predicted octanol–water partition coefficient (Wildman–Crippen LogP) is 4.19. The molecule has 1 amide bonds. The lowest BCUT2D eigenvalue weighted by Crippen LogP contribution is -2.41. The molecule has 0 atom stereocenters. The van der Waals surface area contributed by atoms with Crippen molar-refractivity contribution in [1.29, 1.82) is 0 Å². The minimum absolute atomic E-state index is 0.0466. The third-order valence-electron chi connectivity index (χ3n) is 3.75. The van der Waals surface area contributed by atoms with Crippen molar-refractivity contribution in [1.82, 2.24) is 4.98 Å². The van der Waals surface area contributed by atoms with E-state index < -0.39 is 25.1 Å². The van der Waals surface area contributed by atoms with Gasteiger partial charge in [-0.3, -0.25) is 9.69 Å². The fourth-order valence-corrected chi connectivity index (χ4v) is 2.76. The van der Waals surface area contributed by atoms with Crippen molar-refractivity contribution in [3.63, 3.8) is 0 Å². The maximum atomic E-state index is 13.0. The summed E-state index contributed by atoms with van der Waals surface area (Å²) in [4.78, 5) is 16.2. The predicted molar refractivity (Wildman–Crippen MR) is 81.0 cm³/mol. The minimum Gasteiger partial charge on any atom is -0.284 e. The second-order valence-electron chi connectivity index (χ2n) is 5.34. The third-order valence-corrected chi connectivity index (χ3v) is 3.75. The van der Waals surface area contributed by atoms with Gasteiger partial charge in [0.15, 0.2) is 0 Å². The molecular formula is C17H11F5N2O. The molecule has 25 heavy (non-hydrogen) atoms. The molecule has 8 heteroatoms. The molecule has 1 aliphatic rings. The number of pyridine rings is 1. The molecule has 0 aliphatic carbocycles. The summed E-state index contributed by atoms with van der Waals surface area (Å²) in [5.74, 6) is -2.39. The number of halogens is 5. The first-order valence-electron chi connectivity index (χ1n) is 7.21. The lowest BCUT2D eigenvalue weighted by molar-refractivity contribution is -0.170. The molecule has 3 nitrogen and oxygen atoms in total. The van der Waals surface area contributed by atoms with Crippen LogP contribution in [0.5, 0.6) is 0 Å². The zero-order chi connectivity index (χ0) is 18.2. The molecule has 3 rings (SSSR count). The second-order valence-corrected chi connectivity index (χ2v) is 5.34. The van der Waals surface area contributed by atoms with Gasteiger partial charge in [0, 0.05) is 11.8 Å². The van der Waals surface area contributed by atoms with Crippen LogP contribution in [0.15, 0.2) is 48.7 Å². The van der Waals surface area contributed by atoms with E-state index in [1.54, 1.807) is 12.1 Å². The summed E-state index contributed by atoms with van der Waals surface area (Å²) in [6.45, 7) is -0.418. The highest BCUT2D eigenvalue weighted by Gasteiger charge is 2.45. The van der Waals surface area contributed by atoms with E-state index in [2.05, 4.69) is 4.98 Å². The minimum atomic E-state index is -5.11. The summed E-state index contributed by atoms with van der Waals surface area (Å²) in [6.07, 6.45) is -6.06. The molecule has 2 heterocycles. The Morgan fingerprint density at radius 3 is 2.48 bits per heavy atom. The van der Waals surface area contributed by atoms with Crippen LogP contribution >= 0.6 is 0 Å². The van der Waals surface area contributed by atoms with E-state index in [9.17, 15) is 26.7 Å². The summed E-state index contributed by atoms with van der Waals surface area (Å²) in [7, 11) is 0. The number of anilines is 1. The van der Waals surface area contributed by atoms with Gasteiger partial charge in [0.1, 0.15) is 5.82 Å². The lowest BCUT2D eigenvalue weighted by atomic mass is 9.95. The summed E-state index contributed by atoms with van der Waals surface area (Å²) >= 11 is 0. The van der Waals surface area contributed by atoms with E-state index in [0.717, 1.165) is 0 Å². The van der Waals surface area contributed by atoms with Gasteiger partial charge in [0.05, 0.1) is 6.54 Å². The first-order valence-corrected chi connectivity index (χ1v) is 7.21. The number of benzene rings is 1. The van der Waals surface area contributed by atoms with Gasteiger partial charge in [0.25, 0.3) is 6.43 Å². The third kappa shape index (κ3) is 3.24. The Bertz CT molecular complexity index is 845. The largest absolute Gasteiger partial charge is 0.471 e. The highest BCUT2D eigenvalue weighted by Crippen LogP contribution is 2.38. The van der Waals surface area contributed by atoms with Crippen molar-refractivity contribution in [2.24, 2.45) is 0 Å². The Balaban J connectivity index is 2.29.